The predicted molar refractivity (Wildman–Crippen MR) is 80.9 cm³/mol. The summed E-state index contributed by atoms with van der Waals surface area (Å²) >= 11 is 0. The van der Waals surface area contributed by atoms with Gasteiger partial charge in [0.25, 0.3) is 0 Å². The summed E-state index contributed by atoms with van der Waals surface area (Å²) in [5.41, 5.74) is -5.52. The molecule has 1 saturated heterocycles. The molecule has 1 aromatic rings. The van der Waals surface area contributed by atoms with Crippen molar-refractivity contribution in [2.75, 3.05) is 19.0 Å². The van der Waals surface area contributed by atoms with Crippen LogP contribution >= 0.6 is 0 Å². The minimum absolute atomic E-state index is 0.0340. The second kappa shape index (κ2) is 7.99. The number of esters is 1. The molecule has 0 amide bonds. The molecule has 14 heteroatoms. The molecular formula is C15H13F6O7S-. The number of rotatable bonds is 8. The Bertz CT molecular complexity index is 814. The lowest BCUT2D eigenvalue weighted by Crippen LogP contribution is -2.63. The molecule has 29 heavy (non-hydrogen) atoms. The molecular weight excluding hydrogens is 438 g/mol. The van der Waals surface area contributed by atoms with E-state index in [1.165, 1.54) is 24.3 Å². The number of carbonyl (C=O) groups excluding carboxylic acids is 1. The van der Waals surface area contributed by atoms with Gasteiger partial charge in [0.1, 0.15) is 18.5 Å². The van der Waals surface area contributed by atoms with Gasteiger partial charge in [-0.05, 0) is 17.7 Å². The Balaban J connectivity index is 2.16. The quantitative estimate of drug-likeness (QED) is 0.258. The summed E-state index contributed by atoms with van der Waals surface area (Å²) in [6.07, 6.45) is -13.9. The average Bonchev–Trinajstić information content (AvgIpc) is 3.34. The summed E-state index contributed by atoms with van der Waals surface area (Å²) < 4.78 is 124. The van der Waals surface area contributed by atoms with Crippen molar-refractivity contribution in [3.63, 3.8) is 0 Å². The van der Waals surface area contributed by atoms with Crippen LogP contribution in [0.1, 0.15) is 5.56 Å². The average molecular weight is 451 g/mol. The van der Waals surface area contributed by atoms with Crippen LogP contribution in [0.5, 0.6) is 5.75 Å². The molecule has 164 valence electrons. The molecule has 0 saturated carbocycles. The molecule has 1 heterocycles. The Morgan fingerprint density at radius 2 is 1.62 bits per heavy atom. The van der Waals surface area contributed by atoms with Crippen molar-refractivity contribution >= 4 is 16.1 Å². The first-order chi connectivity index (χ1) is 13.1. The largest absolute Gasteiger partial charge is 0.748 e. The Hall–Kier alpha value is -2.06. The highest BCUT2D eigenvalue weighted by Gasteiger charge is 2.75. The number of hydrogen-bond donors (Lipinski definition) is 0. The summed E-state index contributed by atoms with van der Waals surface area (Å²) in [6, 6.07) is 5.01. The second-order valence-electron chi connectivity index (χ2n) is 6.09. The molecule has 0 spiro atoms. The van der Waals surface area contributed by atoms with Gasteiger partial charge in [-0.15, -0.1) is 0 Å². The van der Waals surface area contributed by atoms with Crippen LogP contribution < -0.4 is 4.74 Å². The van der Waals surface area contributed by atoms with Crippen molar-refractivity contribution in [2.24, 2.45) is 0 Å². The lowest BCUT2D eigenvalue weighted by molar-refractivity contribution is -0.361. The highest BCUT2D eigenvalue weighted by molar-refractivity contribution is 7.85. The van der Waals surface area contributed by atoms with Crippen LogP contribution in [-0.2, 0) is 30.8 Å². The van der Waals surface area contributed by atoms with Crippen LogP contribution in [0, 0.1) is 0 Å². The first kappa shape index (κ1) is 23.2. The van der Waals surface area contributed by atoms with E-state index in [0.717, 1.165) is 0 Å². The fourth-order valence-electron chi connectivity index (χ4n) is 2.17. The monoisotopic (exact) mass is 451 g/mol. The molecule has 2 rings (SSSR count). The number of carbonyl (C=O) groups is 1. The summed E-state index contributed by atoms with van der Waals surface area (Å²) in [5.74, 6) is -4.74. The van der Waals surface area contributed by atoms with Crippen LogP contribution in [0.4, 0.5) is 26.3 Å². The third-order valence-electron chi connectivity index (χ3n) is 3.69. The summed E-state index contributed by atoms with van der Waals surface area (Å²) in [5, 5.41) is 0. The fourth-order valence-corrected chi connectivity index (χ4v) is 3.06. The highest BCUT2D eigenvalue weighted by Crippen LogP contribution is 2.47. The lowest BCUT2D eigenvalue weighted by atomic mass is 10.1. The number of hydrogen-bond acceptors (Lipinski definition) is 7. The van der Waals surface area contributed by atoms with Gasteiger partial charge in [0.2, 0.25) is 0 Å². The van der Waals surface area contributed by atoms with E-state index in [1.54, 1.807) is 0 Å². The molecule has 1 aromatic carbocycles. The van der Waals surface area contributed by atoms with Crippen molar-refractivity contribution < 1.29 is 58.3 Å². The van der Waals surface area contributed by atoms with Gasteiger partial charge in [0, 0.05) is 0 Å². The van der Waals surface area contributed by atoms with Gasteiger partial charge >= 0.3 is 23.9 Å². The molecule has 1 aliphatic heterocycles. The Morgan fingerprint density at radius 3 is 2.03 bits per heavy atom. The van der Waals surface area contributed by atoms with E-state index in [1.807, 2.05) is 0 Å². The van der Waals surface area contributed by atoms with E-state index in [-0.39, 0.29) is 18.3 Å². The normalized spacial score (nSPS) is 17.7. The minimum atomic E-state index is -6.40. The first-order valence-corrected chi connectivity index (χ1v) is 9.33. The standard InChI is InChI=1S/C15H14F6O7S/c16-14(17,18)13(15(19,20)21,8-29(23,24)25)28-12(22)5-9-1-3-10(4-2-9)26-6-11-7-27-11/h1-4,11H,5-8H2,(H,23,24,25)/p-1. The maximum absolute atomic E-state index is 13.1. The van der Waals surface area contributed by atoms with Crippen LogP contribution in [0.15, 0.2) is 24.3 Å². The van der Waals surface area contributed by atoms with Crippen LogP contribution in [0.3, 0.4) is 0 Å². The number of ether oxygens (including phenoxy) is 3. The zero-order valence-electron chi connectivity index (χ0n) is 14.2. The first-order valence-electron chi connectivity index (χ1n) is 7.75. The van der Waals surface area contributed by atoms with Crippen molar-refractivity contribution in [3.05, 3.63) is 29.8 Å². The van der Waals surface area contributed by atoms with Crippen LogP contribution in [0.2, 0.25) is 0 Å². The number of benzene rings is 1. The number of halogens is 6. The summed E-state index contributed by atoms with van der Waals surface area (Å²) in [4.78, 5) is 11.7. The SMILES string of the molecule is O=C(Cc1ccc(OCC2CO2)cc1)OC(CS(=O)(=O)[O-])(C(F)(F)F)C(F)(F)F. The predicted octanol–water partition coefficient (Wildman–Crippen LogP) is 1.96. The summed E-state index contributed by atoms with van der Waals surface area (Å²) in [7, 11) is -6.07. The number of epoxide rings is 1. The van der Waals surface area contributed by atoms with E-state index < -0.39 is 46.2 Å². The summed E-state index contributed by atoms with van der Waals surface area (Å²) in [6.45, 7) is 0.772. The maximum Gasteiger partial charge on any atom is 0.438 e. The van der Waals surface area contributed by atoms with Crippen molar-refractivity contribution in [2.45, 2.75) is 30.5 Å². The molecule has 0 bridgehead atoms. The van der Waals surface area contributed by atoms with Crippen molar-refractivity contribution in [1.29, 1.82) is 0 Å². The topological polar surface area (TPSA) is 105 Å². The number of alkyl halides is 6. The molecule has 0 N–H and O–H groups in total. The van der Waals surface area contributed by atoms with Gasteiger partial charge in [0.15, 0.2) is 0 Å². The van der Waals surface area contributed by atoms with Crippen LogP contribution in [-0.4, -0.2) is 62.0 Å². The Labute approximate surface area is 160 Å². The fraction of sp³-hybridized carbons (Fsp3) is 0.533. The van der Waals surface area contributed by atoms with Gasteiger partial charge in [-0.2, -0.15) is 26.3 Å². The van der Waals surface area contributed by atoms with Crippen molar-refractivity contribution in [1.82, 2.24) is 0 Å². The van der Waals surface area contributed by atoms with Crippen LogP contribution in [0.25, 0.3) is 0 Å². The van der Waals surface area contributed by atoms with Gasteiger partial charge in [-0.25, -0.2) is 8.42 Å². The smallest absolute Gasteiger partial charge is 0.438 e. The molecule has 1 fully saturated rings. The molecule has 0 radical (unpaired) electrons. The van der Waals surface area contributed by atoms with Crippen molar-refractivity contribution in [3.8, 4) is 5.75 Å². The van der Waals surface area contributed by atoms with Gasteiger partial charge in [-0.3, -0.25) is 4.79 Å². The third kappa shape index (κ3) is 6.21. The molecule has 1 atom stereocenters. The molecule has 1 unspecified atom stereocenters. The Kier molecular flexibility index (Phi) is 6.40. The van der Waals surface area contributed by atoms with Gasteiger partial charge in [0.05, 0.1) is 28.9 Å². The zero-order valence-corrected chi connectivity index (χ0v) is 15.1. The van der Waals surface area contributed by atoms with E-state index in [9.17, 15) is 44.1 Å². The minimum Gasteiger partial charge on any atom is -0.748 e. The molecule has 1 aliphatic rings. The second-order valence-corrected chi connectivity index (χ2v) is 7.49. The van der Waals surface area contributed by atoms with E-state index in [0.29, 0.717) is 12.4 Å². The van der Waals surface area contributed by atoms with Gasteiger partial charge in [-0.1, -0.05) is 12.1 Å². The molecule has 7 nitrogen and oxygen atoms in total. The van der Waals surface area contributed by atoms with E-state index >= 15 is 0 Å². The highest BCUT2D eigenvalue weighted by atomic mass is 32.2. The van der Waals surface area contributed by atoms with E-state index in [4.69, 9.17) is 9.47 Å². The molecule has 0 aromatic heterocycles. The lowest BCUT2D eigenvalue weighted by Gasteiger charge is -2.36. The zero-order chi connectivity index (χ0) is 22.1. The Morgan fingerprint density at radius 1 is 1.10 bits per heavy atom. The maximum atomic E-state index is 13.1. The van der Waals surface area contributed by atoms with Gasteiger partial charge < -0.3 is 18.8 Å². The molecule has 0 aliphatic carbocycles. The third-order valence-corrected chi connectivity index (χ3v) is 4.45. The van der Waals surface area contributed by atoms with E-state index in [2.05, 4.69) is 4.74 Å².